The third kappa shape index (κ3) is 2.69. The average Bonchev–Trinajstić information content (AvgIpc) is 2.78. The van der Waals surface area contributed by atoms with Crippen LogP contribution in [-0.2, 0) is 0 Å². The molecule has 0 aliphatic rings. The molecule has 22 heavy (non-hydrogen) atoms. The van der Waals surface area contributed by atoms with Crippen LogP contribution in [-0.4, -0.2) is 20.9 Å². The van der Waals surface area contributed by atoms with Gasteiger partial charge in [-0.25, -0.2) is 15.0 Å². The van der Waals surface area contributed by atoms with E-state index in [4.69, 9.17) is 0 Å². The molecule has 2 aromatic heterocycles. The van der Waals surface area contributed by atoms with Gasteiger partial charge in [-0.1, -0.05) is 0 Å². The third-order valence-corrected chi connectivity index (χ3v) is 4.57. The highest BCUT2D eigenvalue weighted by molar-refractivity contribution is 7.15. The van der Waals surface area contributed by atoms with Crippen molar-refractivity contribution < 1.29 is 4.79 Å². The Kier molecular flexibility index (Phi) is 3.62. The second kappa shape index (κ2) is 5.46. The van der Waals surface area contributed by atoms with Crippen molar-refractivity contribution in [2.24, 2.45) is 0 Å². The lowest BCUT2D eigenvalue weighted by molar-refractivity contribution is 0.102. The van der Waals surface area contributed by atoms with Crippen molar-refractivity contribution in [2.45, 2.75) is 27.7 Å². The molecule has 0 spiro atoms. The average molecular weight is 312 g/mol. The fourth-order valence-electron chi connectivity index (χ4n) is 2.07. The Bertz CT molecular complexity index is 866. The van der Waals surface area contributed by atoms with Crippen LogP contribution in [0.15, 0.2) is 18.2 Å². The van der Waals surface area contributed by atoms with Crippen molar-refractivity contribution in [1.82, 2.24) is 15.0 Å². The molecule has 112 valence electrons. The quantitative estimate of drug-likeness (QED) is 0.785. The molecule has 0 saturated heterocycles. The van der Waals surface area contributed by atoms with Gasteiger partial charge in [-0.15, -0.1) is 11.3 Å². The first-order valence-electron chi connectivity index (χ1n) is 6.94. The van der Waals surface area contributed by atoms with Crippen LogP contribution in [0.3, 0.4) is 0 Å². The van der Waals surface area contributed by atoms with Crippen LogP contribution in [0.1, 0.15) is 32.3 Å². The number of hydrogen-bond donors (Lipinski definition) is 1. The maximum absolute atomic E-state index is 12.3. The van der Waals surface area contributed by atoms with Gasteiger partial charge in [0.2, 0.25) is 0 Å². The van der Waals surface area contributed by atoms with Gasteiger partial charge in [0.05, 0.1) is 28.1 Å². The Balaban J connectivity index is 1.92. The number of aromatic nitrogens is 3. The third-order valence-electron chi connectivity index (χ3n) is 3.59. The zero-order chi connectivity index (χ0) is 15.9. The van der Waals surface area contributed by atoms with Crippen molar-refractivity contribution in [2.75, 3.05) is 5.32 Å². The monoisotopic (exact) mass is 312 g/mol. The molecule has 0 bridgehead atoms. The minimum absolute atomic E-state index is 0.185. The van der Waals surface area contributed by atoms with E-state index in [0.29, 0.717) is 10.7 Å². The van der Waals surface area contributed by atoms with Crippen molar-refractivity contribution in [1.29, 1.82) is 0 Å². The van der Waals surface area contributed by atoms with E-state index in [-0.39, 0.29) is 5.91 Å². The van der Waals surface area contributed by atoms with Gasteiger partial charge in [-0.3, -0.25) is 10.1 Å². The second-order valence-corrected chi connectivity index (χ2v) is 6.42. The highest BCUT2D eigenvalue weighted by Gasteiger charge is 2.11. The largest absolute Gasteiger partial charge is 0.298 e. The molecule has 0 atom stereocenters. The smallest absolute Gasteiger partial charge is 0.257 e. The predicted octanol–water partition coefficient (Wildman–Crippen LogP) is 3.57. The summed E-state index contributed by atoms with van der Waals surface area (Å²) in [6.07, 6.45) is 0. The molecular weight excluding hydrogens is 296 g/mol. The number of rotatable bonds is 2. The number of hydrogen-bond acceptors (Lipinski definition) is 5. The zero-order valence-electron chi connectivity index (χ0n) is 12.9. The summed E-state index contributed by atoms with van der Waals surface area (Å²) in [6, 6.07) is 5.34. The van der Waals surface area contributed by atoms with Gasteiger partial charge in [-0.05, 0) is 45.9 Å². The fraction of sp³-hybridized carbons (Fsp3) is 0.250. The molecule has 0 aliphatic carbocycles. The number of nitrogens with one attached hydrogen (secondary N) is 1. The van der Waals surface area contributed by atoms with Crippen LogP contribution in [0, 0.1) is 27.7 Å². The van der Waals surface area contributed by atoms with E-state index in [2.05, 4.69) is 20.3 Å². The van der Waals surface area contributed by atoms with E-state index in [1.807, 2.05) is 33.8 Å². The molecule has 0 aliphatic heterocycles. The second-order valence-electron chi connectivity index (χ2n) is 5.21. The number of amides is 1. The molecule has 1 N–H and O–H groups in total. The molecule has 3 rings (SSSR count). The predicted molar refractivity (Wildman–Crippen MR) is 88.6 cm³/mol. The van der Waals surface area contributed by atoms with E-state index in [9.17, 15) is 4.79 Å². The molecule has 6 heteroatoms. The molecular formula is C16H16N4OS. The number of nitrogens with zero attached hydrogens (tertiary/aromatic N) is 3. The Hall–Kier alpha value is -2.34. The summed E-state index contributed by atoms with van der Waals surface area (Å²) in [7, 11) is 0. The fourth-order valence-corrected chi connectivity index (χ4v) is 2.88. The number of fused-ring (bicyclic) bond motifs is 1. The SMILES string of the molecule is Cc1nc2ccc(C(=O)Nc3nc(C)c(C)s3)cc2nc1C. The molecule has 1 amide bonds. The van der Waals surface area contributed by atoms with Crippen molar-refractivity contribution >= 4 is 33.4 Å². The van der Waals surface area contributed by atoms with Crippen LogP contribution >= 0.6 is 11.3 Å². The van der Waals surface area contributed by atoms with Crippen LogP contribution < -0.4 is 5.32 Å². The van der Waals surface area contributed by atoms with Gasteiger partial charge in [0.25, 0.3) is 5.91 Å². The highest BCUT2D eigenvalue weighted by atomic mass is 32.1. The van der Waals surface area contributed by atoms with E-state index < -0.39 is 0 Å². The normalized spacial score (nSPS) is 10.9. The molecule has 5 nitrogen and oxygen atoms in total. The van der Waals surface area contributed by atoms with E-state index in [1.54, 1.807) is 12.1 Å². The van der Waals surface area contributed by atoms with Gasteiger partial charge >= 0.3 is 0 Å². The first-order chi connectivity index (χ1) is 10.4. The standard InChI is InChI=1S/C16H16N4OS/c1-8-9(2)18-14-7-12(5-6-13(14)17-8)15(21)20-16-19-10(3)11(4)22-16/h5-7H,1-4H3,(H,19,20,21). The summed E-state index contributed by atoms with van der Waals surface area (Å²) >= 11 is 1.47. The summed E-state index contributed by atoms with van der Waals surface area (Å²) < 4.78 is 0. The maximum atomic E-state index is 12.3. The molecule has 1 aromatic carbocycles. The molecule has 0 fully saturated rings. The number of thiazole rings is 1. The van der Waals surface area contributed by atoms with Crippen molar-refractivity contribution in [3.8, 4) is 0 Å². The summed E-state index contributed by atoms with van der Waals surface area (Å²) in [6.45, 7) is 7.75. The Labute approximate surface area is 132 Å². The maximum Gasteiger partial charge on any atom is 0.257 e. The first kappa shape index (κ1) is 14.6. The van der Waals surface area contributed by atoms with Crippen LogP contribution in [0.5, 0.6) is 0 Å². The summed E-state index contributed by atoms with van der Waals surface area (Å²) in [4.78, 5) is 26.7. The minimum Gasteiger partial charge on any atom is -0.298 e. The lowest BCUT2D eigenvalue weighted by atomic mass is 10.1. The summed E-state index contributed by atoms with van der Waals surface area (Å²) in [5.41, 5.74) is 4.78. The van der Waals surface area contributed by atoms with Crippen LogP contribution in [0.25, 0.3) is 11.0 Å². The van der Waals surface area contributed by atoms with E-state index >= 15 is 0 Å². The Morgan fingerprint density at radius 3 is 2.27 bits per heavy atom. The van der Waals surface area contributed by atoms with Gasteiger partial charge in [0.15, 0.2) is 5.13 Å². The molecule has 3 aromatic rings. The van der Waals surface area contributed by atoms with Crippen LogP contribution in [0.2, 0.25) is 0 Å². The highest BCUT2D eigenvalue weighted by Crippen LogP contribution is 2.22. The van der Waals surface area contributed by atoms with Crippen molar-refractivity contribution in [3.63, 3.8) is 0 Å². The van der Waals surface area contributed by atoms with Gasteiger partial charge in [0.1, 0.15) is 0 Å². The molecule has 2 heterocycles. The zero-order valence-corrected chi connectivity index (χ0v) is 13.7. The van der Waals surface area contributed by atoms with E-state index in [0.717, 1.165) is 33.0 Å². The lowest BCUT2D eigenvalue weighted by Crippen LogP contribution is -2.11. The number of benzene rings is 1. The van der Waals surface area contributed by atoms with Gasteiger partial charge in [0, 0.05) is 10.4 Å². The van der Waals surface area contributed by atoms with Crippen LogP contribution in [0.4, 0.5) is 5.13 Å². The first-order valence-corrected chi connectivity index (χ1v) is 7.76. The molecule has 0 saturated carbocycles. The Morgan fingerprint density at radius 1 is 0.955 bits per heavy atom. The lowest BCUT2D eigenvalue weighted by Gasteiger charge is -2.05. The molecule has 0 unspecified atom stereocenters. The summed E-state index contributed by atoms with van der Waals surface area (Å²) in [5, 5.41) is 3.45. The summed E-state index contributed by atoms with van der Waals surface area (Å²) in [5.74, 6) is -0.185. The molecule has 0 radical (unpaired) electrons. The van der Waals surface area contributed by atoms with E-state index in [1.165, 1.54) is 11.3 Å². The van der Waals surface area contributed by atoms with Gasteiger partial charge in [-0.2, -0.15) is 0 Å². The minimum atomic E-state index is -0.185. The number of anilines is 1. The Morgan fingerprint density at radius 2 is 1.64 bits per heavy atom. The topological polar surface area (TPSA) is 67.8 Å². The van der Waals surface area contributed by atoms with Crippen molar-refractivity contribution in [3.05, 3.63) is 45.7 Å². The number of carbonyl (C=O) groups is 1. The van der Waals surface area contributed by atoms with Gasteiger partial charge < -0.3 is 0 Å². The number of aryl methyl sites for hydroxylation is 4. The number of carbonyl (C=O) groups excluding carboxylic acids is 1.